The van der Waals surface area contributed by atoms with Crippen LogP contribution in [0.15, 0.2) is 65.6 Å². The number of nitrogens with zero attached hydrogens (tertiary/aromatic N) is 2. The zero-order chi connectivity index (χ0) is 23.7. The first kappa shape index (κ1) is 23.3. The summed E-state index contributed by atoms with van der Waals surface area (Å²) in [7, 11) is -2.30. The minimum atomic E-state index is -4.11. The van der Waals surface area contributed by atoms with Gasteiger partial charge in [-0.1, -0.05) is 45.0 Å². The Labute approximate surface area is 189 Å². The number of carbonyl (C=O) groups is 1. The summed E-state index contributed by atoms with van der Waals surface area (Å²) in [6, 6.07) is 16.9. The third-order valence-corrected chi connectivity index (χ3v) is 6.41. The van der Waals surface area contributed by atoms with Crippen molar-refractivity contribution in [3.8, 4) is 0 Å². The number of nitrogens with one attached hydrogen (secondary N) is 1. The SMILES string of the molecule is Cc1ccccc1N(C)c1nc(C(C)(C)C)ccc1C(=O)NS(=O)(=O)c1cccc(N)c1. The molecule has 0 unspecified atom stereocenters. The van der Waals surface area contributed by atoms with Gasteiger partial charge in [-0.25, -0.2) is 18.1 Å². The fraction of sp³-hybridized carbons (Fsp3) is 0.250. The molecule has 0 radical (unpaired) electrons. The van der Waals surface area contributed by atoms with Crippen LogP contribution in [-0.2, 0) is 15.4 Å². The van der Waals surface area contributed by atoms with Crippen LogP contribution in [0.1, 0.15) is 42.4 Å². The highest BCUT2D eigenvalue weighted by molar-refractivity contribution is 7.90. The number of hydrogen-bond donors (Lipinski definition) is 2. The Morgan fingerprint density at radius 2 is 1.72 bits per heavy atom. The highest BCUT2D eigenvalue weighted by Gasteiger charge is 2.26. The van der Waals surface area contributed by atoms with Crippen molar-refractivity contribution in [1.82, 2.24) is 9.71 Å². The summed E-state index contributed by atoms with van der Waals surface area (Å²) in [5.74, 6) is -0.400. The molecule has 1 aromatic heterocycles. The maximum Gasteiger partial charge on any atom is 0.268 e. The molecule has 7 nitrogen and oxygen atoms in total. The number of amides is 1. The van der Waals surface area contributed by atoms with Crippen LogP contribution in [0.2, 0.25) is 0 Å². The first-order valence-electron chi connectivity index (χ1n) is 10.1. The van der Waals surface area contributed by atoms with E-state index in [0.29, 0.717) is 5.82 Å². The van der Waals surface area contributed by atoms with Gasteiger partial charge in [0.05, 0.1) is 10.5 Å². The van der Waals surface area contributed by atoms with E-state index in [4.69, 9.17) is 10.7 Å². The molecule has 3 rings (SSSR count). The largest absolute Gasteiger partial charge is 0.399 e. The molecule has 3 N–H and O–H groups in total. The summed E-state index contributed by atoms with van der Waals surface area (Å²) in [5.41, 5.74) is 8.52. The molecule has 0 aliphatic heterocycles. The Morgan fingerprint density at radius 1 is 1.03 bits per heavy atom. The number of anilines is 3. The van der Waals surface area contributed by atoms with Crippen LogP contribution in [0.25, 0.3) is 0 Å². The van der Waals surface area contributed by atoms with E-state index < -0.39 is 15.9 Å². The monoisotopic (exact) mass is 452 g/mol. The molecule has 0 fully saturated rings. The Kier molecular flexibility index (Phi) is 6.27. The number of nitrogen functional groups attached to an aromatic ring is 1. The minimum Gasteiger partial charge on any atom is -0.399 e. The zero-order valence-corrected chi connectivity index (χ0v) is 19.7. The van der Waals surface area contributed by atoms with Crippen LogP contribution in [0.5, 0.6) is 0 Å². The standard InChI is InChI=1S/C24H28N4O3S/c1-16-9-6-7-12-20(16)28(5)22-19(13-14-21(26-22)24(2,3)4)23(29)27-32(30,31)18-11-8-10-17(25)15-18/h6-15H,25H2,1-5H3,(H,27,29). The lowest BCUT2D eigenvalue weighted by Crippen LogP contribution is -2.32. The van der Waals surface area contributed by atoms with E-state index in [9.17, 15) is 13.2 Å². The van der Waals surface area contributed by atoms with Gasteiger partial charge in [-0.05, 0) is 48.9 Å². The number of aryl methyl sites for hydroxylation is 1. The molecule has 0 aliphatic rings. The Hall–Kier alpha value is -3.39. The molecule has 1 amide bonds. The summed E-state index contributed by atoms with van der Waals surface area (Å²) in [4.78, 5) is 19.6. The van der Waals surface area contributed by atoms with Gasteiger partial charge < -0.3 is 10.6 Å². The molecule has 2 aromatic carbocycles. The van der Waals surface area contributed by atoms with E-state index in [2.05, 4.69) is 4.72 Å². The second-order valence-corrected chi connectivity index (χ2v) is 10.4. The van der Waals surface area contributed by atoms with E-state index in [-0.39, 0.29) is 21.6 Å². The van der Waals surface area contributed by atoms with E-state index >= 15 is 0 Å². The molecule has 0 saturated heterocycles. The summed E-state index contributed by atoms with van der Waals surface area (Å²) in [5, 5.41) is 0. The topological polar surface area (TPSA) is 105 Å². The molecule has 0 saturated carbocycles. The first-order valence-corrected chi connectivity index (χ1v) is 11.6. The van der Waals surface area contributed by atoms with Gasteiger partial charge >= 0.3 is 0 Å². The second-order valence-electron chi connectivity index (χ2n) is 8.67. The number of rotatable bonds is 5. The van der Waals surface area contributed by atoms with Crippen molar-refractivity contribution >= 4 is 33.1 Å². The van der Waals surface area contributed by atoms with Crippen molar-refractivity contribution in [3.05, 3.63) is 77.5 Å². The molecule has 0 aliphatic carbocycles. The Morgan fingerprint density at radius 3 is 2.34 bits per heavy atom. The number of hydrogen-bond acceptors (Lipinski definition) is 6. The molecule has 32 heavy (non-hydrogen) atoms. The van der Waals surface area contributed by atoms with Gasteiger partial charge in [0.2, 0.25) is 0 Å². The summed E-state index contributed by atoms with van der Waals surface area (Å²) in [6.45, 7) is 8.04. The van der Waals surface area contributed by atoms with E-state index in [1.807, 2.05) is 52.0 Å². The van der Waals surface area contributed by atoms with E-state index in [1.165, 1.54) is 18.2 Å². The van der Waals surface area contributed by atoms with Gasteiger partial charge in [0.1, 0.15) is 5.82 Å². The van der Waals surface area contributed by atoms with E-state index in [1.54, 1.807) is 30.1 Å². The number of benzene rings is 2. The van der Waals surface area contributed by atoms with Gasteiger partial charge in [0.15, 0.2) is 0 Å². The van der Waals surface area contributed by atoms with Crippen LogP contribution in [0.3, 0.4) is 0 Å². The maximum atomic E-state index is 13.1. The van der Waals surface area contributed by atoms with Crippen molar-refractivity contribution in [2.45, 2.75) is 38.0 Å². The zero-order valence-electron chi connectivity index (χ0n) is 18.9. The third-order valence-electron chi connectivity index (χ3n) is 5.08. The van der Waals surface area contributed by atoms with Gasteiger partial charge in [-0.2, -0.15) is 0 Å². The molecule has 8 heteroatoms. The van der Waals surface area contributed by atoms with Crippen molar-refractivity contribution in [3.63, 3.8) is 0 Å². The van der Waals surface area contributed by atoms with Crippen LogP contribution in [0.4, 0.5) is 17.2 Å². The average Bonchev–Trinajstić information content (AvgIpc) is 2.72. The maximum absolute atomic E-state index is 13.1. The van der Waals surface area contributed by atoms with Crippen LogP contribution in [0, 0.1) is 6.92 Å². The molecule has 0 bridgehead atoms. The number of carbonyl (C=O) groups excluding carboxylic acids is 1. The Balaban J connectivity index is 2.07. The van der Waals surface area contributed by atoms with Crippen LogP contribution >= 0.6 is 0 Å². The van der Waals surface area contributed by atoms with Gasteiger partial charge in [-0.3, -0.25) is 4.79 Å². The normalized spacial score (nSPS) is 11.8. The first-order chi connectivity index (χ1) is 14.9. The lowest BCUT2D eigenvalue weighted by molar-refractivity contribution is 0.0981. The average molecular weight is 453 g/mol. The van der Waals surface area contributed by atoms with Gasteiger partial charge in [0, 0.05) is 29.5 Å². The van der Waals surface area contributed by atoms with Crippen molar-refractivity contribution in [2.75, 3.05) is 17.7 Å². The molecule has 0 spiro atoms. The second kappa shape index (κ2) is 8.63. The number of para-hydroxylation sites is 1. The highest BCUT2D eigenvalue weighted by Crippen LogP contribution is 2.31. The molecule has 3 aromatic rings. The molecular weight excluding hydrogens is 424 g/mol. The molecule has 168 valence electrons. The third kappa shape index (κ3) is 4.91. The van der Waals surface area contributed by atoms with Gasteiger partial charge in [0.25, 0.3) is 15.9 Å². The fourth-order valence-corrected chi connectivity index (χ4v) is 4.29. The van der Waals surface area contributed by atoms with Crippen LogP contribution < -0.4 is 15.4 Å². The number of nitrogens with two attached hydrogens (primary N) is 1. The fourth-order valence-electron chi connectivity index (χ4n) is 3.27. The predicted octanol–water partition coefficient (Wildman–Crippen LogP) is 4.16. The molecule has 0 atom stereocenters. The lowest BCUT2D eigenvalue weighted by Gasteiger charge is -2.26. The summed E-state index contributed by atoms with van der Waals surface area (Å²) in [6.07, 6.45) is 0. The smallest absolute Gasteiger partial charge is 0.268 e. The predicted molar refractivity (Wildman–Crippen MR) is 128 cm³/mol. The van der Waals surface area contributed by atoms with Gasteiger partial charge in [-0.15, -0.1) is 0 Å². The highest BCUT2D eigenvalue weighted by atomic mass is 32.2. The quantitative estimate of drug-likeness (QED) is 0.563. The number of sulfonamides is 1. The number of pyridine rings is 1. The summed E-state index contributed by atoms with van der Waals surface area (Å²) < 4.78 is 27.7. The van der Waals surface area contributed by atoms with Crippen molar-refractivity contribution in [1.29, 1.82) is 0 Å². The minimum absolute atomic E-state index is 0.0843. The molecular formula is C24H28N4O3S. The van der Waals surface area contributed by atoms with Crippen molar-refractivity contribution in [2.24, 2.45) is 0 Å². The summed E-state index contributed by atoms with van der Waals surface area (Å²) >= 11 is 0. The Bertz CT molecular complexity index is 1260. The lowest BCUT2D eigenvalue weighted by atomic mass is 9.91. The van der Waals surface area contributed by atoms with E-state index in [0.717, 1.165) is 16.9 Å². The van der Waals surface area contributed by atoms with Crippen LogP contribution in [-0.4, -0.2) is 26.4 Å². The van der Waals surface area contributed by atoms with Crippen molar-refractivity contribution < 1.29 is 13.2 Å². The molecule has 1 heterocycles. The number of aromatic nitrogens is 1.